The number of hydrogen-bond donors (Lipinski definition) is 0. The predicted molar refractivity (Wildman–Crippen MR) is 76.8 cm³/mol. The molecule has 1 N–H and O–H groups in total. The van der Waals surface area contributed by atoms with Gasteiger partial charge in [-0.05, 0) is 28.6 Å². The highest BCUT2D eigenvalue weighted by atomic mass is 32.1. The van der Waals surface area contributed by atoms with Crippen LogP contribution in [-0.2, 0) is 4.79 Å². The topological polar surface area (TPSA) is 90.2 Å². The number of nitrogens with one attached hydrogen (secondary N) is 1. The minimum absolute atomic E-state index is 0.187. The fourth-order valence-electron chi connectivity index (χ4n) is 1.65. The van der Waals surface area contributed by atoms with Gasteiger partial charge < -0.3 is 4.74 Å². The Hall–Kier alpha value is -2.61. The zero-order chi connectivity index (χ0) is 15.4. The Morgan fingerprint density at radius 1 is 1.33 bits per heavy atom. The number of carbonyl (C=O) groups is 2. The third-order valence-electron chi connectivity index (χ3n) is 2.59. The minimum atomic E-state index is -0.506. The number of hydrogen-bond acceptors (Lipinski definition) is 6. The molecule has 2 aromatic rings. The monoisotopic (exact) mass is 306 g/mol. The average Bonchev–Trinajstić information content (AvgIpc) is 2.94. The van der Waals surface area contributed by atoms with Crippen LogP contribution >= 0.6 is 11.3 Å². The smallest absolute Gasteiger partial charge is 0.345 e. The Morgan fingerprint density at radius 3 is 2.67 bits per heavy atom. The summed E-state index contributed by atoms with van der Waals surface area (Å²) in [5, 5.41) is 3.48. The normalized spacial score (nSPS) is 10.0. The number of aromatic amines is 1. The summed E-state index contributed by atoms with van der Waals surface area (Å²) in [6, 6.07) is 6.44. The van der Waals surface area contributed by atoms with Gasteiger partial charge in [0.2, 0.25) is 5.00 Å². The standard InChI is InChI=1S/C13H11N3O4S/c1-8(17)20-10-6-4-3-5-9(10)12(18)16(2)13-14-7-11(15-19)21-13/h3-7H,1-2H3/p+1. The molecular formula is C13H12N3O4S+. The summed E-state index contributed by atoms with van der Waals surface area (Å²) < 4.78 is 5.02. The van der Waals surface area contributed by atoms with E-state index in [0.717, 1.165) is 11.3 Å². The summed E-state index contributed by atoms with van der Waals surface area (Å²) in [7, 11) is 1.55. The van der Waals surface area contributed by atoms with Gasteiger partial charge in [-0.3, -0.25) is 4.79 Å². The highest BCUT2D eigenvalue weighted by Crippen LogP contribution is 2.27. The highest BCUT2D eigenvalue weighted by molar-refractivity contribution is 7.18. The van der Waals surface area contributed by atoms with E-state index in [4.69, 9.17) is 4.74 Å². The third kappa shape index (κ3) is 3.29. The first kappa shape index (κ1) is 14.8. The highest BCUT2D eigenvalue weighted by Gasteiger charge is 2.27. The minimum Gasteiger partial charge on any atom is -0.426 e. The maximum absolute atomic E-state index is 12.5. The molecule has 0 aliphatic heterocycles. The quantitative estimate of drug-likeness (QED) is 0.492. The fraction of sp³-hybridized carbons (Fsp3) is 0.154. The van der Waals surface area contributed by atoms with Crippen LogP contribution in [0.25, 0.3) is 0 Å². The maximum atomic E-state index is 12.5. The summed E-state index contributed by atoms with van der Waals surface area (Å²) in [4.78, 5) is 38.1. The second kappa shape index (κ2) is 6.23. The molecule has 21 heavy (non-hydrogen) atoms. The van der Waals surface area contributed by atoms with Gasteiger partial charge in [-0.25, -0.2) is 9.78 Å². The van der Waals surface area contributed by atoms with Crippen LogP contribution in [0.1, 0.15) is 17.3 Å². The second-order valence-electron chi connectivity index (χ2n) is 4.08. The van der Waals surface area contributed by atoms with Gasteiger partial charge in [0, 0.05) is 6.92 Å². The van der Waals surface area contributed by atoms with Gasteiger partial charge in [0.1, 0.15) is 17.5 Å². The van der Waals surface area contributed by atoms with Gasteiger partial charge in [-0.1, -0.05) is 12.1 Å². The molecule has 1 aromatic carbocycles. The van der Waals surface area contributed by atoms with E-state index in [0.29, 0.717) is 5.13 Å². The molecule has 0 unspecified atom stereocenters. The maximum Gasteiger partial charge on any atom is 0.345 e. The number of rotatable bonds is 4. The van der Waals surface area contributed by atoms with E-state index >= 15 is 0 Å². The molecule has 0 aliphatic carbocycles. The van der Waals surface area contributed by atoms with E-state index in [-0.39, 0.29) is 22.2 Å². The van der Waals surface area contributed by atoms with Gasteiger partial charge in [-0.15, -0.1) is 4.91 Å². The Balaban J connectivity index is 2.30. The van der Waals surface area contributed by atoms with E-state index in [2.05, 4.69) is 10.2 Å². The van der Waals surface area contributed by atoms with Crippen molar-refractivity contribution in [2.45, 2.75) is 6.92 Å². The van der Waals surface area contributed by atoms with Crippen LogP contribution in [-0.4, -0.2) is 18.9 Å². The van der Waals surface area contributed by atoms with Crippen molar-refractivity contribution in [2.24, 2.45) is 5.18 Å². The Bertz CT molecular complexity index is 698. The molecule has 0 spiro atoms. The molecule has 8 heteroatoms. The number of amides is 1. The molecule has 2 rings (SSSR count). The molecule has 0 saturated carbocycles. The molecule has 0 aliphatic rings. The molecule has 1 aromatic heterocycles. The van der Waals surface area contributed by atoms with Crippen LogP contribution in [0.3, 0.4) is 0 Å². The van der Waals surface area contributed by atoms with E-state index < -0.39 is 5.97 Å². The van der Waals surface area contributed by atoms with Gasteiger partial charge in [0.25, 0.3) is 0 Å². The van der Waals surface area contributed by atoms with Crippen LogP contribution in [0.2, 0.25) is 0 Å². The van der Waals surface area contributed by atoms with Crippen molar-refractivity contribution < 1.29 is 19.3 Å². The number of nitrogens with zero attached hydrogens (tertiary/aromatic N) is 2. The predicted octanol–water partition coefficient (Wildman–Crippen LogP) is 2.16. The number of benzene rings is 1. The average molecular weight is 306 g/mol. The molecule has 0 fully saturated rings. The van der Waals surface area contributed by atoms with Crippen molar-refractivity contribution in [2.75, 3.05) is 11.9 Å². The van der Waals surface area contributed by atoms with Gasteiger partial charge in [-0.2, -0.15) is 4.90 Å². The number of nitroso groups, excluding NO2 is 1. The summed E-state index contributed by atoms with van der Waals surface area (Å²) in [6.07, 6.45) is 1.41. The number of ether oxygens (including phenoxy) is 1. The van der Waals surface area contributed by atoms with Crippen molar-refractivity contribution >= 4 is 33.3 Å². The number of esters is 1. The number of para-hydroxylation sites is 1. The van der Waals surface area contributed by atoms with Crippen LogP contribution < -0.4 is 14.6 Å². The molecule has 0 saturated heterocycles. The van der Waals surface area contributed by atoms with Crippen molar-refractivity contribution in [1.82, 2.24) is 0 Å². The molecular weight excluding hydrogens is 294 g/mol. The van der Waals surface area contributed by atoms with Crippen LogP contribution in [0.15, 0.2) is 35.6 Å². The molecule has 1 heterocycles. The summed E-state index contributed by atoms with van der Waals surface area (Å²) in [5.74, 6) is -0.692. The SMILES string of the molecule is CC(=O)Oc1ccccc1C(=O)N(C)c1[nH+]cc(N=O)s1. The van der Waals surface area contributed by atoms with Gasteiger partial charge >= 0.3 is 17.0 Å². The van der Waals surface area contributed by atoms with Gasteiger partial charge in [0.15, 0.2) is 0 Å². The van der Waals surface area contributed by atoms with Crippen molar-refractivity contribution in [3.05, 3.63) is 40.9 Å². The second-order valence-corrected chi connectivity index (χ2v) is 5.09. The summed E-state index contributed by atoms with van der Waals surface area (Å²) >= 11 is 1.05. The first-order valence-electron chi connectivity index (χ1n) is 5.93. The first-order chi connectivity index (χ1) is 10.0. The lowest BCUT2D eigenvalue weighted by molar-refractivity contribution is -0.355. The lowest BCUT2D eigenvalue weighted by atomic mass is 10.2. The Labute approximate surface area is 124 Å². The number of carbonyl (C=O) groups excluding carboxylic acids is 2. The number of aromatic nitrogens is 1. The van der Waals surface area contributed by atoms with E-state index in [1.54, 1.807) is 31.3 Å². The van der Waals surface area contributed by atoms with Crippen molar-refractivity contribution in [3.63, 3.8) is 0 Å². The number of anilines is 1. The Kier molecular flexibility index (Phi) is 4.39. The largest absolute Gasteiger partial charge is 0.426 e. The molecule has 0 atom stereocenters. The summed E-state index contributed by atoms with van der Waals surface area (Å²) in [5.41, 5.74) is 0.248. The zero-order valence-electron chi connectivity index (χ0n) is 11.3. The molecule has 1 amide bonds. The molecule has 0 bridgehead atoms. The first-order valence-corrected chi connectivity index (χ1v) is 6.75. The van der Waals surface area contributed by atoms with Crippen LogP contribution in [0, 0.1) is 4.91 Å². The third-order valence-corrected chi connectivity index (χ3v) is 3.58. The fourth-order valence-corrected chi connectivity index (χ4v) is 2.34. The summed E-state index contributed by atoms with van der Waals surface area (Å²) in [6.45, 7) is 1.26. The van der Waals surface area contributed by atoms with E-state index in [1.165, 1.54) is 18.0 Å². The lowest BCUT2D eigenvalue weighted by Crippen LogP contribution is -2.30. The van der Waals surface area contributed by atoms with Crippen LogP contribution in [0.5, 0.6) is 5.75 Å². The van der Waals surface area contributed by atoms with Crippen molar-refractivity contribution in [1.29, 1.82) is 0 Å². The molecule has 108 valence electrons. The lowest BCUT2D eigenvalue weighted by Gasteiger charge is -2.10. The van der Waals surface area contributed by atoms with Crippen molar-refractivity contribution in [3.8, 4) is 5.75 Å². The van der Waals surface area contributed by atoms with Crippen LogP contribution in [0.4, 0.5) is 10.1 Å². The number of thiazole rings is 1. The zero-order valence-corrected chi connectivity index (χ0v) is 12.1. The van der Waals surface area contributed by atoms with E-state index in [1.807, 2.05) is 0 Å². The van der Waals surface area contributed by atoms with Gasteiger partial charge in [0.05, 0.1) is 7.05 Å². The molecule has 7 nitrogen and oxygen atoms in total. The van der Waals surface area contributed by atoms with E-state index in [9.17, 15) is 14.5 Å². The Morgan fingerprint density at radius 2 is 2.05 bits per heavy atom. The number of H-pyrrole nitrogens is 1. The molecule has 0 radical (unpaired) electrons.